The van der Waals surface area contributed by atoms with E-state index in [1.807, 2.05) is 49.5 Å². The summed E-state index contributed by atoms with van der Waals surface area (Å²) in [7, 11) is 1.82. The van der Waals surface area contributed by atoms with Crippen molar-refractivity contribution in [3.8, 4) is 0 Å². The number of benzene rings is 2. The molecular formula is C14H13BrN2O. The number of nitrogens with one attached hydrogen (secondary N) is 2. The summed E-state index contributed by atoms with van der Waals surface area (Å²) in [6, 6.07) is 14.9. The molecule has 0 aromatic heterocycles. The summed E-state index contributed by atoms with van der Waals surface area (Å²) in [6.45, 7) is 0. The summed E-state index contributed by atoms with van der Waals surface area (Å²) in [5.74, 6) is -0.120. The Balaban J connectivity index is 2.16. The predicted molar refractivity (Wildman–Crippen MR) is 78.1 cm³/mol. The molecule has 0 fully saturated rings. The topological polar surface area (TPSA) is 41.1 Å². The Bertz CT molecular complexity index is 569. The third-order valence-corrected chi connectivity index (χ3v) is 2.99. The van der Waals surface area contributed by atoms with E-state index in [1.165, 1.54) is 0 Å². The molecule has 0 atom stereocenters. The van der Waals surface area contributed by atoms with Crippen LogP contribution in [-0.4, -0.2) is 13.0 Å². The van der Waals surface area contributed by atoms with Crippen LogP contribution < -0.4 is 10.6 Å². The van der Waals surface area contributed by atoms with Gasteiger partial charge in [-0.1, -0.05) is 28.1 Å². The monoisotopic (exact) mass is 304 g/mol. The number of rotatable bonds is 3. The molecule has 0 radical (unpaired) electrons. The standard InChI is InChI=1S/C14H13BrN2O/c1-16-12-6-2-4-10(8-12)14(18)17-13-7-3-5-11(15)9-13/h2-9,16H,1H3,(H,17,18). The molecule has 0 aliphatic heterocycles. The van der Waals surface area contributed by atoms with Crippen LogP contribution in [0, 0.1) is 0 Å². The summed E-state index contributed by atoms with van der Waals surface area (Å²) in [5, 5.41) is 5.86. The number of hydrogen-bond donors (Lipinski definition) is 2. The SMILES string of the molecule is CNc1cccc(C(=O)Nc2cccc(Br)c2)c1. The minimum absolute atomic E-state index is 0.120. The molecule has 2 rings (SSSR count). The summed E-state index contributed by atoms with van der Waals surface area (Å²) in [4.78, 5) is 12.0. The van der Waals surface area contributed by atoms with Gasteiger partial charge in [-0.15, -0.1) is 0 Å². The first kappa shape index (κ1) is 12.6. The lowest BCUT2D eigenvalue weighted by Gasteiger charge is -2.07. The highest BCUT2D eigenvalue weighted by atomic mass is 79.9. The fourth-order valence-electron chi connectivity index (χ4n) is 1.59. The van der Waals surface area contributed by atoms with Crippen LogP contribution in [0.15, 0.2) is 53.0 Å². The van der Waals surface area contributed by atoms with Crippen molar-refractivity contribution in [2.24, 2.45) is 0 Å². The van der Waals surface area contributed by atoms with Crippen molar-refractivity contribution in [3.05, 3.63) is 58.6 Å². The maximum atomic E-state index is 12.0. The molecule has 0 unspecified atom stereocenters. The quantitative estimate of drug-likeness (QED) is 0.907. The van der Waals surface area contributed by atoms with Gasteiger partial charge in [0.15, 0.2) is 0 Å². The van der Waals surface area contributed by atoms with Crippen LogP contribution in [0.4, 0.5) is 11.4 Å². The Labute approximate surface area is 114 Å². The van der Waals surface area contributed by atoms with Gasteiger partial charge in [-0.05, 0) is 36.4 Å². The molecular weight excluding hydrogens is 292 g/mol. The van der Waals surface area contributed by atoms with E-state index in [0.717, 1.165) is 15.8 Å². The minimum atomic E-state index is -0.120. The van der Waals surface area contributed by atoms with Gasteiger partial charge in [0, 0.05) is 28.5 Å². The molecule has 18 heavy (non-hydrogen) atoms. The van der Waals surface area contributed by atoms with Crippen LogP contribution in [0.3, 0.4) is 0 Å². The van der Waals surface area contributed by atoms with Gasteiger partial charge in [0.2, 0.25) is 0 Å². The zero-order chi connectivity index (χ0) is 13.0. The van der Waals surface area contributed by atoms with E-state index in [1.54, 1.807) is 6.07 Å². The molecule has 0 aliphatic carbocycles. The molecule has 0 saturated carbocycles. The fourth-order valence-corrected chi connectivity index (χ4v) is 1.98. The largest absolute Gasteiger partial charge is 0.388 e. The van der Waals surface area contributed by atoms with Crippen LogP contribution in [0.2, 0.25) is 0 Å². The highest BCUT2D eigenvalue weighted by Crippen LogP contribution is 2.17. The molecule has 0 saturated heterocycles. The van der Waals surface area contributed by atoms with E-state index in [4.69, 9.17) is 0 Å². The Morgan fingerprint density at radius 3 is 2.50 bits per heavy atom. The zero-order valence-corrected chi connectivity index (χ0v) is 11.5. The van der Waals surface area contributed by atoms with Crippen molar-refractivity contribution < 1.29 is 4.79 Å². The van der Waals surface area contributed by atoms with Crippen molar-refractivity contribution >= 4 is 33.2 Å². The molecule has 0 heterocycles. The highest BCUT2D eigenvalue weighted by Gasteiger charge is 2.06. The molecule has 0 spiro atoms. The van der Waals surface area contributed by atoms with Gasteiger partial charge >= 0.3 is 0 Å². The lowest BCUT2D eigenvalue weighted by Crippen LogP contribution is -2.11. The molecule has 92 valence electrons. The van der Waals surface area contributed by atoms with Gasteiger partial charge in [-0.3, -0.25) is 4.79 Å². The number of amides is 1. The summed E-state index contributed by atoms with van der Waals surface area (Å²) < 4.78 is 0.935. The molecule has 2 aromatic rings. The summed E-state index contributed by atoms with van der Waals surface area (Å²) in [5.41, 5.74) is 2.31. The van der Waals surface area contributed by atoms with Crippen LogP contribution in [0.5, 0.6) is 0 Å². The summed E-state index contributed by atoms with van der Waals surface area (Å²) >= 11 is 3.37. The van der Waals surface area contributed by atoms with Crippen molar-refractivity contribution in [1.29, 1.82) is 0 Å². The molecule has 2 N–H and O–H groups in total. The molecule has 3 nitrogen and oxygen atoms in total. The van der Waals surface area contributed by atoms with Crippen molar-refractivity contribution in [2.75, 3.05) is 17.7 Å². The lowest BCUT2D eigenvalue weighted by atomic mass is 10.2. The van der Waals surface area contributed by atoms with E-state index in [9.17, 15) is 4.79 Å². The zero-order valence-electron chi connectivity index (χ0n) is 9.91. The Morgan fingerprint density at radius 2 is 1.78 bits per heavy atom. The maximum Gasteiger partial charge on any atom is 0.255 e. The van der Waals surface area contributed by atoms with Crippen LogP contribution in [0.25, 0.3) is 0 Å². The number of carbonyl (C=O) groups excluding carboxylic acids is 1. The van der Waals surface area contributed by atoms with Crippen molar-refractivity contribution in [3.63, 3.8) is 0 Å². The Morgan fingerprint density at radius 1 is 1.06 bits per heavy atom. The molecule has 2 aromatic carbocycles. The fraction of sp³-hybridized carbons (Fsp3) is 0.0714. The first-order valence-corrected chi connectivity index (χ1v) is 6.33. The number of anilines is 2. The van der Waals surface area contributed by atoms with E-state index in [2.05, 4.69) is 26.6 Å². The molecule has 0 aliphatic rings. The maximum absolute atomic E-state index is 12.0. The molecule has 1 amide bonds. The first-order chi connectivity index (χ1) is 8.69. The van der Waals surface area contributed by atoms with Crippen LogP contribution >= 0.6 is 15.9 Å². The third kappa shape index (κ3) is 3.11. The van der Waals surface area contributed by atoms with Crippen molar-refractivity contribution in [1.82, 2.24) is 0 Å². The number of halogens is 1. The Kier molecular flexibility index (Phi) is 3.99. The van der Waals surface area contributed by atoms with E-state index < -0.39 is 0 Å². The second kappa shape index (κ2) is 5.69. The summed E-state index contributed by atoms with van der Waals surface area (Å²) in [6.07, 6.45) is 0. The van der Waals surface area contributed by atoms with Crippen LogP contribution in [-0.2, 0) is 0 Å². The number of carbonyl (C=O) groups is 1. The molecule has 0 bridgehead atoms. The second-order valence-corrected chi connectivity index (χ2v) is 4.71. The average molecular weight is 305 g/mol. The van der Waals surface area contributed by atoms with Crippen LogP contribution in [0.1, 0.15) is 10.4 Å². The van der Waals surface area contributed by atoms with Gasteiger partial charge in [0.05, 0.1) is 0 Å². The first-order valence-electron chi connectivity index (χ1n) is 5.54. The Hall–Kier alpha value is -1.81. The van der Waals surface area contributed by atoms with E-state index in [0.29, 0.717) is 5.56 Å². The van der Waals surface area contributed by atoms with Gasteiger partial charge < -0.3 is 10.6 Å². The minimum Gasteiger partial charge on any atom is -0.388 e. The van der Waals surface area contributed by atoms with E-state index in [-0.39, 0.29) is 5.91 Å². The van der Waals surface area contributed by atoms with E-state index >= 15 is 0 Å². The number of hydrogen-bond acceptors (Lipinski definition) is 2. The van der Waals surface area contributed by atoms with Gasteiger partial charge in [0.25, 0.3) is 5.91 Å². The molecule has 4 heteroatoms. The second-order valence-electron chi connectivity index (χ2n) is 3.80. The highest BCUT2D eigenvalue weighted by molar-refractivity contribution is 9.10. The van der Waals surface area contributed by atoms with Crippen molar-refractivity contribution in [2.45, 2.75) is 0 Å². The smallest absolute Gasteiger partial charge is 0.255 e. The average Bonchev–Trinajstić information content (AvgIpc) is 2.39. The normalized spacial score (nSPS) is 9.89. The van der Waals surface area contributed by atoms with Gasteiger partial charge in [-0.2, -0.15) is 0 Å². The lowest BCUT2D eigenvalue weighted by molar-refractivity contribution is 0.102. The predicted octanol–water partition coefficient (Wildman–Crippen LogP) is 3.74. The van der Waals surface area contributed by atoms with Gasteiger partial charge in [-0.25, -0.2) is 0 Å². The third-order valence-electron chi connectivity index (χ3n) is 2.50. The van der Waals surface area contributed by atoms with Gasteiger partial charge in [0.1, 0.15) is 0 Å².